The van der Waals surface area contributed by atoms with E-state index in [1.54, 1.807) is 24.3 Å². The number of amides is 1. The summed E-state index contributed by atoms with van der Waals surface area (Å²) in [6.45, 7) is 5.73. The molecule has 2 aromatic rings. The second kappa shape index (κ2) is 10.9. The first-order valence-electron chi connectivity index (χ1n) is 9.23. The number of hydrogen-bond acceptors (Lipinski definition) is 2. The predicted molar refractivity (Wildman–Crippen MR) is 108 cm³/mol. The topological polar surface area (TPSA) is 41.1 Å². The van der Waals surface area contributed by atoms with E-state index in [1.807, 2.05) is 13.8 Å². The highest BCUT2D eigenvalue weighted by molar-refractivity contribution is 6.01. The van der Waals surface area contributed by atoms with Gasteiger partial charge in [-0.3, -0.25) is 4.79 Å². The molecule has 0 aromatic heterocycles. The quantitative estimate of drug-likeness (QED) is 0.720. The van der Waals surface area contributed by atoms with Gasteiger partial charge >= 0.3 is 6.18 Å². The van der Waals surface area contributed by atoms with Crippen molar-refractivity contribution in [3.05, 3.63) is 59.7 Å². The molecule has 2 N–H and O–H groups in total. The van der Waals surface area contributed by atoms with Crippen molar-refractivity contribution in [1.82, 2.24) is 10.6 Å². The number of piperidine rings is 1. The summed E-state index contributed by atoms with van der Waals surface area (Å²) in [5, 5.41) is 6.26. The molecule has 0 atom stereocenters. The third-order valence-electron chi connectivity index (χ3n) is 4.37. The lowest BCUT2D eigenvalue weighted by atomic mass is 9.97. The van der Waals surface area contributed by atoms with Gasteiger partial charge in [0.2, 0.25) is 0 Å². The summed E-state index contributed by atoms with van der Waals surface area (Å²) in [4.78, 5) is 12.6. The fraction of sp³-hybridized carbons (Fsp3) is 0.409. The number of carbonyl (C=O) groups is 1. The first-order valence-corrected chi connectivity index (χ1v) is 9.23. The molecule has 0 aliphatic carbocycles. The molecule has 154 valence electrons. The second-order valence-corrected chi connectivity index (χ2v) is 6.12. The Labute approximate surface area is 165 Å². The van der Waals surface area contributed by atoms with E-state index in [9.17, 15) is 18.0 Å². The van der Waals surface area contributed by atoms with E-state index < -0.39 is 11.7 Å². The number of benzene rings is 2. The van der Waals surface area contributed by atoms with E-state index in [2.05, 4.69) is 10.6 Å². The van der Waals surface area contributed by atoms with Gasteiger partial charge in [0.1, 0.15) is 0 Å². The zero-order valence-corrected chi connectivity index (χ0v) is 15.6. The molecule has 28 heavy (non-hydrogen) atoms. The minimum absolute atomic E-state index is 0. The molecule has 0 saturated carbocycles. The third-order valence-corrected chi connectivity index (χ3v) is 4.37. The van der Waals surface area contributed by atoms with Crippen LogP contribution >= 0.6 is 0 Å². The molecule has 1 saturated heterocycles. The van der Waals surface area contributed by atoms with Crippen molar-refractivity contribution in [2.24, 2.45) is 0 Å². The lowest BCUT2D eigenvalue weighted by molar-refractivity contribution is -0.137. The number of alkyl halides is 3. The largest absolute Gasteiger partial charge is 0.416 e. The molecule has 0 unspecified atom stereocenters. The van der Waals surface area contributed by atoms with Crippen LogP contribution in [0.5, 0.6) is 0 Å². The average Bonchev–Trinajstić information content (AvgIpc) is 2.70. The van der Waals surface area contributed by atoms with Crippen LogP contribution in [0.1, 0.15) is 50.0 Å². The summed E-state index contributed by atoms with van der Waals surface area (Å²) in [5.41, 5.74) is 0.986. The Morgan fingerprint density at radius 3 is 2.14 bits per heavy atom. The molecule has 3 rings (SSSR count). The maximum absolute atomic E-state index is 12.7. The highest BCUT2D eigenvalue weighted by atomic mass is 19.4. The van der Waals surface area contributed by atoms with Crippen LogP contribution in [0.4, 0.5) is 13.2 Å². The molecule has 0 spiro atoms. The van der Waals surface area contributed by atoms with Crippen LogP contribution in [-0.2, 0) is 6.18 Å². The van der Waals surface area contributed by atoms with Gasteiger partial charge in [0.05, 0.1) is 5.56 Å². The number of nitrogens with one attached hydrogen (secondary N) is 2. The van der Waals surface area contributed by atoms with Crippen molar-refractivity contribution in [3.63, 3.8) is 0 Å². The summed E-state index contributed by atoms with van der Waals surface area (Å²) in [5.74, 6) is -0.192. The van der Waals surface area contributed by atoms with Gasteiger partial charge in [0, 0.05) is 11.6 Å². The minimum Gasteiger partial charge on any atom is -0.349 e. The minimum atomic E-state index is -4.37. The Bertz CT molecular complexity index is 736. The van der Waals surface area contributed by atoms with Crippen LogP contribution in [0, 0.1) is 0 Å². The third kappa shape index (κ3) is 6.09. The molecule has 3 nitrogen and oxygen atoms in total. The lowest BCUT2D eigenvalue weighted by Crippen LogP contribution is -2.42. The van der Waals surface area contributed by atoms with Gasteiger partial charge in [0.25, 0.3) is 5.91 Å². The summed E-state index contributed by atoms with van der Waals surface area (Å²) in [7, 11) is 0. The fourth-order valence-electron chi connectivity index (χ4n) is 3.00. The van der Waals surface area contributed by atoms with Crippen LogP contribution in [-0.4, -0.2) is 25.0 Å². The molecule has 1 aliphatic rings. The van der Waals surface area contributed by atoms with E-state index in [4.69, 9.17) is 0 Å². The van der Waals surface area contributed by atoms with E-state index >= 15 is 0 Å². The van der Waals surface area contributed by atoms with Gasteiger partial charge in [-0.15, -0.1) is 0 Å². The van der Waals surface area contributed by atoms with E-state index in [0.717, 1.165) is 38.1 Å². The number of hydrogen-bond donors (Lipinski definition) is 2. The number of carbonyl (C=O) groups excluding carboxylic acids is 1. The van der Waals surface area contributed by atoms with Crippen LogP contribution in [0.3, 0.4) is 0 Å². The van der Waals surface area contributed by atoms with Crippen LogP contribution in [0.15, 0.2) is 48.5 Å². The van der Waals surface area contributed by atoms with E-state index in [0.29, 0.717) is 16.7 Å². The van der Waals surface area contributed by atoms with Gasteiger partial charge in [-0.1, -0.05) is 51.6 Å². The molecule has 1 aliphatic heterocycles. The summed E-state index contributed by atoms with van der Waals surface area (Å²) in [6, 6.07) is 12.0. The Balaban J connectivity index is 0.00000127. The predicted octanol–water partition coefficient (Wildman–Crippen LogP) is 5.52. The highest BCUT2D eigenvalue weighted by Crippen LogP contribution is 2.31. The first-order chi connectivity index (χ1) is 12.9. The molecule has 6 heteroatoms. The van der Waals surface area contributed by atoms with E-state index in [-0.39, 0.29) is 19.4 Å². The summed E-state index contributed by atoms with van der Waals surface area (Å²) >= 11 is 0. The van der Waals surface area contributed by atoms with Gasteiger partial charge < -0.3 is 10.6 Å². The maximum Gasteiger partial charge on any atom is 0.416 e. The summed E-state index contributed by atoms with van der Waals surface area (Å²) < 4.78 is 38.2. The normalized spacial score (nSPS) is 14.3. The molecule has 0 bridgehead atoms. The number of rotatable bonds is 3. The Morgan fingerprint density at radius 1 is 1.00 bits per heavy atom. The van der Waals surface area contributed by atoms with Gasteiger partial charge in [-0.25, -0.2) is 0 Å². The van der Waals surface area contributed by atoms with Crippen molar-refractivity contribution >= 4 is 5.91 Å². The van der Waals surface area contributed by atoms with Crippen LogP contribution in [0.25, 0.3) is 11.1 Å². The van der Waals surface area contributed by atoms with Crippen molar-refractivity contribution in [2.45, 2.75) is 46.3 Å². The average molecular weight is 394 g/mol. The SMILES string of the molecule is C.CC.O=C(NC1CCNCC1)c1ccccc1-c1ccc(C(F)(F)F)cc1. The monoisotopic (exact) mass is 394 g/mol. The van der Waals surface area contributed by atoms with Crippen LogP contribution < -0.4 is 10.6 Å². The van der Waals surface area contributed by atoms with Crippen LogP contribution in [0.2, 0.25) is 0 Å². The van der Waals surface area contributed by atoms with Gasteiger partial charge in [-0.05, 0) is 55.3 Å². The smallest absolute Gasteiger partial charge is 0.349 e. The van der Waals surface area contributed by atoms with Gasteiger partial charge in [-0.2, -0.15) is 13.2 Å². The molecule has 1 heterocycles. The van der Waals surface area contributed by atoms with Crippen molar-refractivity contribution < 1.29 is 18.0 Å². The molecule has 1 amide bonds. The second-order valence-electron chi connectivity index (χ2n) is 6.12. The Morgan fingerprint density at radius 2 is 1.57 bits per heavy atom. The fourth-order valence-corrected chi connectivity index (χ4v) is 3.00. The zero-order chi connectivity index (χ0) is 19.9. The van der Waals surface area contributed by atoms with Gasteiger partial charge in [0.15, 0.2) is 0 Å². The molecule has 1 fully saturated rings. The lowest BCUT2D eigenvalue weighted by Gasteiger charge is -2.24. The molecular formula is C22H29F3N2O. The van der Waals surface area contributed by atoms with Crippen molar-refractivity contribution in [3.8, 4) is 11.1 Å². The molecular weight excluding hydrogens is 365 g/mol. The Kier molecular flexibility index (Phi) is 9.19. The van der Waals surface area contributed by atoms with E-state index in [1.165, 1.54) is 12.1 Å². The van der Waals surface area contributed by atoms with Crippen molar-refractivity contribution in [2.75, 3.05) is 13.1 Å². The summed E-state index contributed by atoms with van der Waals surface area (Å²) in [6.07, 6.45) is -2.63. The standard InChI is InChI=1S/C19H19F3N2O.C2H6.CH4/c20-19(21,22)14-7-5-13(6-8-14)16-3-1-2-4-17(16)18(25)24-15-9-11-23-12-10-15;1-2;/h1-8,15,23H,9-12H2,(H,24,25);1-2H3;1H4. The Hall–Kier alpha value is -2.34. The maximum atomic E-state index is 12.7. The molecule has 2 aromatic carbocycles. The first kappa shape index (κ1) is 23.7. The highest BCUT2D eigenvalue weighted by Gasteiger charge is 2.30. The zero-order valence-electron chi connectivity index (χ0n) is 15.6. The molecule has 0 radical (unpaired) electrons. The van der Waals surface area contributed by atoms with Crippen molar-refractivity contribution in [1.29, 1.82) is 0 Å². The number of halogens is 3.